The molecule has 0 aliphatic carbocycles. The van der Waals surface area contributed by atoms with Crippen LogP contribution in [0.4, 0.5) is 0 Å². The smallest absolute Gasteiger partial charge is 0.255 e. The zero-order valence-electron chi connectivity index (χ0n) is 17.4. The van der Waals surface area contributed by atoms with E-state index in [0.717, 1.165) is 27.9 Å². The summed E-state index contributed by atoms with van der Waals surface area (Å²) in [5, 5.41) is 6.83. The Morgan fingerprint density at radius 1 is 1.00 bits per heavy atom. The number of rotatable bonds is 3. The third-order valence-electron chi connectivity index (χ3n) is 6.38. The van der Waals surface area contributed by atoms with E-state index in [1.807, 2.05) is 66.5 Å². The summed E-state index contributed by atoms with van der Waals surface area (Å²) in [6, 6.07) is 15.8. The van der Waals surface area contributed by atoms with Crippen LogP contribution in [0.1, 0.15) is 35.7 Å². The first-order valence-electron chi connectivity index (χ1n) is 10.3. The molecule has 7 heteroatoms. The monoisotopic (exact) mass is 414 g/mol. The molecule has 1 saturated heterocycles. The van der Waals surface area contributed by atoms with E-state index in [0.29, 0.717) is 18.5 Å². The first-order chi connectivity index (χ1) is 14.9. The minimum atomic E-state index is -1.03. The summed E-state index contributed by atoms with van der Waals surface area (Å²) in [4.78, 5) is 38.9. The van der Waals surface area contributed by atoms with Gasteiger partial charge in [-0.15, -0.1) is 0 Å². The Balaban J connectivity index is 1.52. The average Bonchev–Trinajstić information content (AvgIpc) is 3.32. The minimum Gasteiger partial charge on any atom is -0.320 e. The molecule has 0 bridgehead atoms. The van der Waals surface area contributed by atoms with Crippen LogP contribution >= 0.6 is 0 Å². The van der Waals surface area contributed by atoms with Gasteiger partial charge in [0.05, 0.1) is 11.9 Å². The number of nitrogens with zero attached hydrogens (tertiary/aromatic N) is 3. The predicted octanol–water partition coefficient (Wildman–Crippen LogP) is 2.91. The Morgan fingerprint density at radius 3 is 2.52 bits per heavy atom. The number of aryl methyl sites for hydroxylation is 1. The minimum absolute atomic E-state index is 0.178. The quantitative estimate of drug-likeness (QED) is 0.668. The molecular formula is C24H22N4O3. The molecule has 5 rings (SSSR count). The standard InChI is InChI=1S/C24H22N4O3/c1-24(11-10-20(29)26-23(24)31)28-14-17-12-16(8-9-18(17)22(28)30)19-13-25-27(2)21(19)15-6-4-3-5-7-15/h3-9,12-13H,10-11,14H2,1-2H3,(H,26,29,31)/t24-/m1/s1. The Labute approximate surface area is 179 Å². The molecule has 0 saturated carbocycles. The highest BCUT2D eigenvalue weighted by Crippen LogP contribution is 2.37. The lowest BCUT2D eigenvalue weighted by Gasteiger charge is -2.39. The summed E-state index contributed by atoms with van der Waals surface area (Å²) < 4.78 is 1.85. The van der Waals surface area contributed by atoms with Gasteiger partial charge in [0.15, 0.2) is 0 Å². The van der Waals surface area contributed by atoms with E-state index in [4.69, 9.17) is 0 Å². The molecule has 0 unspecified atom stereocenters. The van der Waals surface area contributed by atoms with E-state index in [2.05, 4.69) is 10.4 Å². The molecule has 3 amide bonds. The second-order valence-electron chi connectivity index (χ2n) is 8.31. The summed E-state index contributed by atoms with van der Waals surface area (Å²) in [5.74, 6) is -0.884. The SMILES string of the molecule is Cn1ncc(-c2ccc3c(c2)CN([C@]2(C)CCC(=O)NC2=O)C3=O)c1-c1ccccc1. The Morgan fingerprint density at radius 2 is 1.77 bits per heavy atom. The average molecular weight is 414 g/mol. The van der Waals surface area contributed by atoms with Gasteiger partial charge in [0.2, 0.25) is 5.91 Å². The molecule has 2 aliphatic rings. The Hall–Kier alpha value is -3.74. The van der Waals surface area contributed by atoms with Crippen LogP contribution in [0.3, 0.4) is 0 Å². The molecule has 156 valence electrons. The number of amides is 3. The second-order valence-corrected chi connectivity index (χ2v) is 8.31. The van der Waals surface area contributed by atoms with Crippen molar-refractivity contribution in [2.75, 3.05) is 0 Å². The number of nitrogens with one attached hydrogen (secondary N) is 1. The number of aromatic nitrogens is 2. The summed E-state index contributed by atoms with van der Waals surface area (Å²) in [7, 11) is 1.91. The Bertz CT molecular complexity index is 1230. The van der Waals surface area contributed by atoms with Crippen molar-refractivity contribution in [2.45, 2.75) is 31.8 Å². The molecule has 3 heterocycles. The summed E-state index contributed by atoms with van der Waals surface area (Å²) in [6.45, 7) is 2.06. The fourth-order valence-electron chi connectivity index (χ4n) is 4.53. The maximum Gasteiger partial charge on any atom is 0.255 e. The molecular weight excluding hydrogens is 392 g/mol. The summed E-state index contributed by atoms with van der Waals surface area (Å²) in [6.07, 6.45) is 2.38. The summed E-state index contributed by atoms with van der Waals surface area (Å²) in [5.41, 5.74) is 4.44. The van der Waals surface area contributed by atoms with Gasteiger partial charge in [0.25, 0.3) is 11.8 Å². The zero-order chi connectivity index (χ0) is 21.8. The van der Waals surface area contributed by atoms with Crippen LogP contribution in [0.2, 0.25) is 0 Å². The molecule has 31 heavy (non-hydrogen) atoms. The first kappa shape index (κ1) is 19.2. The number of hydrogen-bond acceptors (Lipinski definition) is 4. The van der Waals surface area contributed by atoms with E-state index in [1.165, 1.54) is 0 Å². The largest absolute Gasteiger partial charge is 0.320 e. The molecule has 7 nitrogen and oxygen atoms in total. The van der Waals surface area contributed by atoms with Gasteiger partial charge >= 0.3 is 0 Å². The molecule has 2 aliphatic heterocycles. The van der Waals surface area contributed by atoms with Gasteiger partial charge in [-0.25, -0.2) is 0 Å². The predicted molar refractivity (Wildman–Crippen MR) is 115 cm³/mol. The van der Waals surface area contributed by atoms with Crippen LogP contribution < -0.4 is 5.32 Å². The molecule has 3 aromatic rings. The molecule has 0 spiro atoms. The number of imide groups is 1. The zero-order valence-corrected chi connectivity index (χ0v) is 17.4. The fraction of sp³-hybridized carbons (Fsp3) is 0.250. The van der Waals surface area contributed by atoms with Crippen molar-refractivity contribution in [1.82, 2.24) is 20.0 Å². The highest BCUT2D eigenvalue weighted by molar-refractivity contribution is 6.07. The van der Waals surface area contributed by atoms with Gasteiger partial charge in [0, 0.05) is 36.7 Å². The van der Waals surface area contributed by atoms with Gasteiger partial charge in [-0.05, 0) is 36.6 Å². The first-order valence-corrected chi connectivity index (χ1v) is 10.3. The van der Waals surface area contributed by atoms with Crippen molar-refractivity contribution in [3.63, 3.8) is 0 Å². The number of carbonyl (C=O) groups excluding carboxylic acids is 3. The molecule has 1 aromatic heterocycles. The van der Waals surface area contributed by atoms with E-state index in [9.17, 15) is 14.4 Å². The number of fused-ring (bicyclic) bond motifs is 1. The lowest BCUT2D eigenvalue weighted by Crippen LogP contribution is -2.61. The maximum atomic E-state index is 13.1. The van der Waals surface area contributed by atoms with E-state index in [-0.39, 0.29) is 18.2 Å². The van der Waals surface area contributed by atoms with Gasteiger partial charge in [-0.3, -0.25) is 24.4 Å². The third kappa shape index (κ3) is 2.96. The van der Waals surface area contributed by atoms with E-state index in [1.54, 1.807) is 11.8 Å². The maximum absolute atomic E-state index is 13.1. The van der Waals surface area contributed by atoms with Crippen molar-refractivity contribution >= 4 is 17.7 Å². The van der Waals surface area contributed by atoms with Crippen LogP contribution in [-0.4, -0.2) is 37.9 Å². The van der Waals surface area contributed by atoms with Crippen LogP contribution in [0, 0.1) is 0 Å². The van der Waals surface area contributed by atoms with Crippen LogP contribution in [0.25, 0.3) is 22.4 Å². The van der Waals surface area contributed by atoms with Crippen molar-refractivity contribution in [3.05, 3.63) is 65.9 Å². The highest BCUT2D eigenvalue weighted by Gasteiger charge is 2.48. The highest BCUT2D eigenvalue weighted by atomic mass is 16.2. The topological polar surface area (TPSA) is 84.3 Å². The number of carbonyl (C=O) groups is 3. The Kier molecular flexibility index (Phi) is 4.28. The molecule has 1 N–H and O–H groups in total. The fourth-order valence-corrected chi connectivity index (χ4v) is 4.53. The van der Waals surface area contributed by atoms with Gasteiger partial charge in [0.1, 0.15) is 5.54 Å². The second kappa shape index (κ2) is 6.91. The number of hydrogen-bond donors (Lipinski definition) is 1. The van der Waals surface area contributed by atoms with Crippen LogP contribution in [0.5, 0.6) is 0 Å². The molecule has 2 aromatic carbocycles. The normalized spacial score (nSPS) is 20.7. The van der Waals surface area contributed by atoms with Crippen molar-refractivity contribution in [1.29, 1.82) is 0 Å². The van der Waals surface area contributed by atoms with Crippen LogP contribution in [-0.2, 0) is 23.2 Å². The number of piperidine rings is 1. The van der Waals surface area contributed by atoms with Gasteiger partial charge < -0.3 is 4.90 Å². The molecule has 0 radical (unpaired) electrons. The van der Waals surface area contributed by atoms with E-state index < -0.39 is 11.4 Å². The summed E-state index contributed by atoms with van der Waals surface area (Å²) >= 11 is 0. The van der Waals surface area contributed by atoms with Crippen LogP contribution in [0.15, 0.2) is 54.7 Å². The third-order valence-corrected chi connectivity index (χ3v) is 6.38. The van der Waals surface area contributed by atoms with Crippen molar-refractivity contribution in [3.8, 4) is 22.4 Å². The molecule has 1 fully saturated rings. The molecule has 1 atom stereocenters. The lowest BCUT2D eigenvalue weighted by atomic mass is 9.89. The van der Waals surface area contributed by atoms with Crippen molar-refractivity contribution in [2.24, 2.45) is 7.05 Å². The van der Waals surface area contributed by atoms with Gasteiger partial charge in [-0.1, -0.05) is 36.4 Å². The lowest BCUT2D eigenvalue weighted by molar-refractivity contribution is -0.142. The number of benzene rings is 2. The van der Waals surface area contributed by atoms with E-state index >= 15 is 0 Å². The van der Waals surface area contributed by atoms with Crippen molar-refractivity contribution < 1.29 is 14.4 Å². The van der Waals surface area contributed by atoms with Gasteiger partial charge in [-0.2, -0.15) is 5.10 Å².